The average Bonchev–Trinajstić information content (AvgIpc) is 2.59. The van der Waals surface area contributed by atoms with Crippen LogP contribution in [0.15, 0.2) is 29.5 Å². The SMILES string of the molecule is c1ccn(C2=NCCO2)c1. The monoisotopic (exact) mass is 136 g/mol. The molecule has 1 aromatic heterocycles. The van der Waals surface area contributed by atoms with Gasteiger partial charge in [0.05, 0.1) is 6.54 Å². The lowest BCUT2D eigenvalue weighted by Gasteiger charge is -1.99. The molecule has 0 aromatic carbocycles. The highest BCUT2D eigenvalue weighted by atomic mass is 16.5. The van der Waals surface area contributed by atoms with Crippen molar-refractivity contribution in [3.8, 4) is 0 Å². The highest BCUT2D eigenvalue weighted by Crippen LogP contribution is 1.98. The molecular weight excluding hydrogens is 128 g/mol. The van der Waals surface area contributed by atoms with Crippen molar-refractivity contribution >= 4 is 6.02 Å². The van der Waals surface area contributed by atoms with Crippen LogP contribution in [0.1, 0.15) is 0 Å². The van der Waals surface area contributed by atoms with Crippen LogP contribution >= 0.6 is 0 Å². The first-order valence-corrected chi connectivity index (χ1v) is 3.27. The number of aliphatic imine (C=N–C) groups is 1. The van der Waals surface area contributed by atoms with E-state index >= 15 is 0 Å². The fourth-order valence-electron chi connectivity index (χ4n) is 0.942. The highest BCUT2D eigenvalue weighted by Gasteiger charge is 2.06. The topological polar surface area (TPSA) is 26.5 Å². The van der Waals surface area contributed by atoms with Gasteiger partial charge in [0.15, 0.2) is 0 Å². The minimum absolute atomic E-state index is 0.713. The Labute approximate surface area is 58.9 Å². The van der Waals surface area contributed by atoms with Crippen molar-refractivity contribution in [2.75, 3.05) is 13.2 Å². The van der Waals surface area contributed by atoms with Crippen molar-refractivity contribution in [3.63, 3.8) is 0 Å². The van der Waals surface area contributed by atoms with Gasteiger partial charge in [0.2, 0.25) is 0 Å². The Balaban J connectivity index is 2.28. The highest BCUT2D eigenvalue weighted by molar-refractivity contribution is 5.77. The summed E-state index contributed by atoms with van der Waals surface area (Å²) < 4.78 is 7.08. The van der Waals surface area contributed by atoms with E-state index in [0.717, 1.165) is 6.54 Å². The predicted molar refractivity (Wildman–Crippen MR) is 38.1 cm³/mol. The summed E-state index contributed by atoms with van der Waals surface area (Å²) in [5.74, 6) is 0. The molecule has 3 nitrogen and oxygen atoms in total. The van der Waals surface area contributed by atoms with Crippen molar-refractivity contribution in [1.29, 1.82) is 0 Å². The third-order valence-corrected chi connectivity index (χ3v) is 1.39. The van der Waals surface area contributed by atoms with E-state index in [4.69, 9.17) is 4.74 Å². The van der Waals surface area contributed by atoms with Gasteiger partial charge >= 0.3 is 0 Å². The first-order chi connectivity index (χ1) is 4.97. The maximum Gasteiger partial charge on any atom is 0.295 e. The molecule has 1 aliphatic rings. The molecule has 10 heavy (non-hydrogen) atoms. The Bertz CT molecular complexity index is 238. The van der Waals surface area contributed by atoms with Gasteiger partial charge in [-0.25, -0.2) is 4.99 Å². The molecule has 0 radical (unpaired) electrons. The van der Waals surface area contributed by atoms with Gasteiger partial charge in [0.1, 0.15) is 6.61 Å². The molecule has 0 spiro atoms. The van der Waals surface area contributed by atoms with E-state index in [1.54, 1.807) is 0 Å². The predicted octanol–water partition coefficient (Wildman–Crippen LogP) is 0.722. The third kappa shape index (κ3) is 0.795. The summed E-state index contributed by atoms with van der Waals surface area (Å²) in [5, 5.41) is 0. The average molecular weight is 136 g/mol. The number of aromatic nitrogens is 1. The van der Waals surface area contributed by atoms with Crippen molar-refractivity contribution in [1.82, 2.24) is 4.57 Å². The van der Waals surface area contributed by atoms with Crippen LogP contribution in [0.4, 0.5) is 0 Å². The molecule has 1 aliphatic heterocycles. The van der Waals surface area contributed by atoms with E-state index in [1.165, 1.54) is 0 Å². The fraction of sp³-hybridized carbons (Fsp3) is 0.286. The molecule has 1 aromatic rings. The van der Waals surface area contributed by atoms with Gasteiger partial charge in [-0.3, -0.25) is 4.57 Å². The zero-order valence-electron chi connectivity index (χ0n) is 5.53. The Morgan fingerprint density at radius 1 is 1.40 bits per heavy atom. The number of hydrogen-bond donors (Lipinski definition) is 0. The molecule has 0 fully saturated rings. The van der Waals surface area contributed by atoms with E-state index in [2.05, 4.69) is 4.99 Å². The largest absolute Gasteiger partial charge is 0.463 e. The number of nitrogens with zero attached hydrogens (tertiary/aromatic N) is 2. The van der Waals surface area contributed by atoms with E-state index in [1.807, 2.05) is 29.1 Å². The smallest absolute Gasteiger partial charge is 0.295 e. The van der Waals surface area contributed by atoms with E-state index in [-0.39, 0.29) is 0 Å². The normalized spacial score (nSPS) is 16.6. The van der Waals surface area contributed by atoms with Gasteiger partial charge in [0, 0.05) is 12.4 Å². The second-order valence-corrected chi connectivity index (χ2v) is 2.10. The number of rotatable bonds is 0. The second-order valence-electron chi connectivity index (χ2n) is 2.10. The molecule has 0 unspecified atom stereocenters. The van der Waals surface area contributed by atoms with Crippen LogP contribution in [0.2, 0.25) is 0 Å². The Hall–Kier alpha value is -1.25. The van der Waals surface area contributed by atoms with Crippen LogP contribution in [-0.2, 0) is 4.74 Å². The Morgan fingerprint density at radius 3 is 2.80 bits per heavy atom. The van der Waals surface area contributed by atoms with E-state index in [9.17, 15) is 0 Å². The van der Waals surface area contributed by atoms with Crippen molar-refractivity contribution in [3.05, 3.63) is 24.5 Å². The Morgan fingerprint density at radius 2 is 2.20 bits per heavy atom. The molecular formula is C7H8N2O. The van der Waals surface area contributed by atoms with Crippen LogP contribution in [0.5, 0.6) is 0 Å². The van der Waals surface area contributed by atoms with Crippen LogP contribution in [0.3, 0.4) is 0 Å². The van der Waals surface area contributed by atoms with Gasteiger partial charge in [-0.05, 0) is 12.1 Å². The molecule has 0 aliphatic carbocycles. The number of ether oxygens (including phenoxy) is 1. The van der Waals surface area contributed by atoms with Crippen LogP contribution in [-0.4, -0.2) is 23.7 Å². The van der Waals surface area contributed by atoms with E-state index < -0.39 is 0 Å². The van der Waals surface area contributed by atoms with Crippen LogP contribution < -0.4 is 0 Å². The minimum Gasteiger partial charge on any atom is -0.463 e. The third-order valence-electron chi connectivity index (χ3n) is 1.39. The lowest BCUT2D eigenvalue weighted by atomic mass is 10.7. The molecule has 0 N–H and O–H groups in total. The molecule has 2 rings (SSSR count). The molecule has 0 saturated heterocycles. The molecule has 0 saturated carbocycles. The van der Waals surface area contributed by atoms with E-state index in [0.29, 0.717) is 12.6 Å². The zero-order valence-corrected chi connectivity index (χ0v) is 5.53. The molecule has 3 heteroatoms. The first kappa shape index (κ1) is 5.53. The molecule has 0 atom stereocenters. The fourth-order valence-corrected chi connectivity index (χ4v) is 0.942. The van der Waals surface area contributed by atoms with Crippen molar-refractivity contribution < 1.29 is 4.74 Å². The van der Waals surface area contributed by atoms with Crippen molar-refractivity contribution in [2.45, 2.75) is 0 Å². The first-order valence-electron chi connectivity index (χ1n) is 3.27. The summed E-state index contributed by atoms with van der Waals surface area (Å²) in [6.07, 6.45) is 3.84. The summed E-state index contributed by atoms with van der Waals surface area (Å²) >= 11 is 0. The molecule has 52 valence electrons. The standard InChI is InChI=1S/C7H8N2O/c1-2-5-9(4-1)7-8-3-6-10-7/h1-2,4-5H,3,6H2. The maximum absolute atomic E-state index is 5.21. The van der Waals surface area contributed by atoms with Gasteiger partial charge in [-0.1, -0.05) is 0 Å². The minimum atomic E-state index is 0.713. The second kappa shape index (κ2) is 2.17. The molecule has 2 heterocycles. The van der Waals surface area contributed by atoms with Crippen molar-refractivity contribution in [2.24, 2.45) is 4.99 Å². The van der Waals surface area contributed by atoms with Gasteiger partial charge in [0.25, 0.3) is 6.02 Å². The summed E-state index contributed by atoms with van der Waals surface area (Å²) in [6, 6.07) is 4.61. The number of hydrogen-bond acceptors (Lipinski definition) is 2. The summed E-state index contributed by atoms with van der Waals surface area (Å²) in [7, 11) is 0. The summed E-state index contributed by atoms with van der Waals surface area (Å²) in [6.45, 7) is 1.50. The lowest BCUT2D eigenvalue weighted by Crippen LogP contribution is -2.08. The van der Waals surface area contributed by atoms with Crippen LogP contribution in [0, 0.1) is 0 Å². The molecule has 0 bridgehead atoms. The zero-order chi connectivity index (χ0) is 6.81. The summed E-state index contributed by atoms with van der Waals surface area (Å²) in [5.41, 5.74) is 0. The molecule has 0 amide bonds. The Kier molecular flexibility index (Phi) is 1.20. The lowest BCUT2D eigenvalue weighted by molar-refractivity contribution is 0.334. The van der Waals surface area contributed by atoms with Gasteiger partial charge in [-0.15, -0.1) is 0 Å². The quantitative estimate of drug-likeness (QED) is 0.516. The maximum atomic E-state index is 5.21. The summed E-state index contributed by atoms with van der Waals surface area (Å²) in [4.78, 5) is 4.14. The van der Waals surface area contributed by atoms with Gasteiger partial charge in [-0.2, -0.15) is 0 Å². The van der Waals surface area contributed by atoms with Gasteiger partial charge < -0.3 is 4.74 Å². The van der Waals surface area contributed by atoms with Crippen LogP contribution in [0.25, 0.3) is 0 Å².